The lowest BCUT2D eigenvalue weighted by Gasteiger charge is -2.07. The number of hydrogen-bond acceptors (Lipinski definition) is 5. The second-order valence-corrected chi connectivity index (χ2v) is 5.35. The third kappa shape index (κ3) is 2.14. The molecule has 0 aromatic carbocycles. The molecular formula is C9H14N6O2S. The molecular weight excluding hydrogens is 256 g/mol. The first kappa shape index (κ1) is 12.7. The summed E-state index contributed by atoms with van der Waals surface area (Å²) in [6, 6.07) is 0. The van der Waals surface area contributed by atoms with Crippen LogP contribution in [0.2, 0.25) is 0 Å². The summed E-state index contributed by atoms with van der Waals surface area (Å²) < 4.78 is 26.1. The highest BCUT2D eigenvalue weighted by atomic mass is 32.2. The zero-order chi connectivity index (χ0) is 13.3. The van der Waals surface area contributed by atoms with Gasteiger partial charge in [-0.3, -0.25) is 4.57 Å². The number of nitrogens with two attached hydrogens (primary N) is 1. The second kappa shape index (κ2) is 4.50. The predicted octanol–water partition coefficient (Wildman–Crippen LogP) is -0.264. The Hall–Kier alpha value is -1.74. The Bertz CT molecular complexity index is 656. The Morgan fingerprint density at radius 1 is 1.39 bits per heavy atom. The Morgan fingerprint density at radius 3 is 2.61 bits per heavy atom. The highest BCUT2D eigenvalue weighted by Gasteiger charge is 2.22. The van der Waals surface area contributed by atoms with Gasteiger partial charge in [-0.05, 0) is 6.42 Å². The first-order valence-corrected chi connectivity index (χ1v) is 6.92. The minimum Gasteiger partial charge on any atom is -0.331 e. The maximum absolute atomic E-state index is 11.4. The number of imidazole rings is 1. The first-order chi connectivity index (χ1) is 8.45. The SMILES string of the molecule is CCCn1c(-c2cncn2C)nnc1S(N)(=O)=O. The van der Waals surface area contributed by atoms with E-state index in [4.69, 9.17) is 5.14 Å². The zero-order valence-corrected chi connectivity index (χ0v) is 10.9. The Kier molecular flexibility index (Phi) is 3.18. The third-order valence-electron chi connectivity index (χ3n) is 2.46. The van der Waals surface area contributed by atoms with Crippen molar-refractivity contribution in [3.05, 3.63) is 12.5 Å². The first-order valence-electron chi connectivity index (χ1n) is 5.38. The summed E-state index contributed by atoms with van der Waals surface area (Å²) in [6.45, 7) is 2.40. The zero-order valence-electron chi connectivity index (χ0n) is 10.1. The van der Waals surface area contributed by atoms with E-state index in [1.54, 1.807) is 24.1 Å². The van der Waals surface area contributed by atoms with Gasteiger partial charge in [-0.15, -0.1) is 10.2 Å². The van der Waals surface area contributed by atoms with E-state index in [1.165, 1.54) is 4.57 Å². The van der Waals surface area contributed by atoms with E-state index in [0.29, 0.717) is 18.1 Å². The molecule has 0 spiro atoms. The molecule has 0 fully saturated rings. The van der Waals surface area contributed by atoms with Crippen molar-refractivity contribution >= 4 is 10.0 Å². The second-order valence-electron chi connectivity index (χ2n) is 3.89. The van der Waals surface area contributed by atoms with E-state index in [0.717, 1.165) is 6.42 Å². The molecule has 0 saturated heterocycles. The Morgan fingerprint density at radius 2 is 2.11 bits per heavy atom. The van der Waals surface area contributed by atoms with Crippen molar-refractivity contribution in [2.75, 3.05) is 0 Å². The maximum atomic E-state index is 11.4. The van der Waals surface area contributed by atoms with Crippen molar-refractivity contribution < 1.29 is 8.42 Å². The fraction of sp³-hybridized carbons (Fsp3) is 0.444. The molecule has 2 N–H and O–H groups in total. The Balaban J connectivity index is 2.63. The minimum atomic E-state index is -3.88. The average Bonchev–Trinajstić information content (AvgIpc) is 2.84. The van der Waals surface area contributed by atoms with Crippen molar-refractivity contribution in [3.63, 3.8) is 0 Å². The number of aryl methyl sites for hydroxylation is 1. The third-order valence-corrected chi connectivity index (χ3v) is 3.28. The van der Waals surface area contributed by atoms with Crippen LogP contribution in [-0.4, -0.2) is 32.7 Å². The van der Waals surface area contributed by atoms with E-state index in [1.807, 2.05) is 6.92 Å². The summed E-state index contributed by atoms with van der Waals surface area (Å²) in [5.41, 5.74) is 0.686. The van der Waals surface area contributed by atoms with Crippen molar-refractivity contribution in [2.24, 2.45) is 12.2 Å². The number of aromatic nitrogens is 5. The van der Waals surface area contributed by atoms with Gasteiger partial charge < -0.3 is 4.57 Å². The van der Waals surface area contributed by atoms with Gasteiger partial charge in [0.05, 0.1) is 12.5 Å². The van der Waals surface area contributed by atoms with Crippen LogP contribution < -0.4 is 5.14 Å². The van der Waals surface area contributed by atoms with Crippen LogP contribution in [-0.2, 0) is 23.6 Å². The van der Waals surface area contributed by atoms with E-state index in [-0.39, 0.29) is 5.16 Å². The van der Waals surface area contributed by atoms with Gasteiger partial charge in [0, 0.05) is 13.6 Å². The number of rotatable bonds is 4. The Labute approximate surface area is 105 Å². The molecule has 0 aliphatic heterocycles. The molecule has 0 saturated carbocycles. The van der Waals surface area contributed by atoms with Gasteiger partial charge in [0.1, 0.15) is 5.69 Å². The lowest BCUT2D eigenvalue weighted by Crippen LogP contribution is -2.19. The van der Waals surface area contributed by atoms with Crippen molar-refractivity contribution in [1.82, 2.24) is 24.3 Å². The van der Waals surface area contributed by atoms with E-state index >= 15 is 0 Å². The highest BCUT2D eigenvalue weighted by molar-refractivity contribution is 7.89. The van der Waals surface area contributed by atoms with Crippen LogP contribution in [0.25, 0.3) is 11.5 Å². The van der Waals surface area contributed by atoms with Crippen LogP contribution in [0.15, 0.2) is 17.7 Å². The van der Waals surface area contributed by atoms with E-state index in [2.05, 4.69) is 15.2 Å². The number of primary sulfonamides is 1. The predicted molar refractivity (Wildman–Crippen MR) is 63.9 cm³/mol. The lowest BCUT2D eigenvalue weighted by atomic mass is 10.4. The van der Waals surface area contributed by atoms with Crippen molar-refractivity contribution in [2.45, 2.75) is 25.0 Å². The molecule has 9 heteroatoms. The molecule has 2 heterocycles. The standard InChI is InChI=1S/C9H14N6O2S/c1-3-4-15-8(7-5-11-6-14(7)2)12-13-9(15)18(10,16)17/h5-6H,3-4H2,1-2H3,(H2,10,16,17). The normalized spacial score (nSPS) is 11.9. The molecule has 0 amide bonds. The van der Waals surface area contributed by atoms with Gasteiger partial charge in [-0.1, -0.05) is 6.92 Å². The minimum absolute atomic E-state index is 0.222. The van der Waals surface area contributed by atoms with Gasteiger partial charge in [0.2, 0.25) is 0 Å². The molecule has 8 nitrogen and oxygen atoms in total. The van der Waals surface area contributed by atoms with Gasteiger partial charge in [0.15, 0.2) is 5.82 Å². The van der Waals surface area contributed by atoms with Crippen molar-refractivity contribution in [1.29, 1.82) is 0 Å². The fourth-order valence-electron chi connectivity index (χ4n) is 1.69. The van der Waals surface area contributed by atoms with Gasteiger partial charge in [0.25, 0.3) is 15.2 Å². The van der Waals surface area contributed by atoms with Gasteiger partial charge >= 0.3 is 0 Å². The van der Waals surface area contributed by atoms with Crippen LogP contribution in [0, 0.1) is 0 Å². The summed E-state index contributed by atoms with van der Waals surface area (Å²) in [5, 5.41) is 12.5. The summed E-state index contributed by atoms with van der Waals surface area (Å²) in [5.74, 6) is 0.445. The fourth-order valence-corrected chi connectivity index (χ4v) is 2.33. The molecule has 0 unspecified atom stereocenters. The van der Waals surface area contributed by atoms with E-state index < -0.39 is 10.0 Å². The number of sulfonamides is 1. The largest absolute Gasteiger partial charge is 0.331 e. The molecule has 18 heavy (non-hydrogen) atoms. The molecule has 0 atom stereocenters. The van der Waals surface area contributed by atoms with Crippen molar-refractivity contribution in [3.8, 4) is 11.5 Å². The summed E-state index contributed by atoms with van der Waals surface area (Å²) >= 11 is 0. The van der Waals surface area contributed by atoms with Crippen LogP contribution >= 0.6 is 0 Å². The monoisotopic (exact) mass is 270 g/mol. The maximum Gasteiger partial charge on any atom is 0.273 e. The molecule has 0 aliphatic rings. The summed E-state index contributed by atoms with van der Waals surface area (Å²) in [7, 11) is -2.08. The molecule has 0 aliphatic carbocycles. The summed E-state index contributed by atoms with van der Waals surface area (Å²) in [4.78, 5) is 3.97. The topological polar surface area (TPSA) is 109 Å². The van der Waals surface area contributed by atoms with Crippen LogP contribution in [0.4, 0.5) is 0 Å². The van der Waals surface area contributed by atoms with Crippen LogP contribution in [0.3, 0.4) is 0 Å². The van der Waals surface area contributed by atoms with Crippen LogP contribution in [0.5, 0.6) is 0 Å². The lowest BCUT2D eigenvalue weighted by molar-refractivity contribution is 0.559. The smallest absolute Gasteiger partial charge is 0.273 e. The average molecular weight is 270 g/mol. The molecule has 0 radical (unpaired) electrons. The molecule has 2 aromatic heterocycles. The molecule has 2 aromatic rings. The highest BCUT2D eigenvalue weighted by Crippen LogP contribution is 2.19. The van der Waals surface area contributed by atoms with Gasteiger partial charge in [-0.2, -0.15) is 0 Å². The molecule has 2 rings (SSSR count). The quantitative estimate of drug-likeness (QED) is 0.823. The molecule has 98 valence electrons. The van der Waals surface area contributed by atoms with Crippen LogP contribution in [0.1, 0.15) is 13.3 Å². The number of nitrogens with zero attached hydrogens (tertiary/aromatic N) is 5. The van der Waals surface area contributed by atoms with Gasteiger partial charge in [-0.25, -0.2) is 18.5 Å². The summed E-state index contributed by atoms with van der Waals surface area (Å²) in [6.07, 6.45) is 3.95. The van der Waals surface area contributed by atoms with E-state index in [9.17, 15) is 8.42 Å². The molecule has 0 bridgehead atoms. The number of hydrogen-bond donors (Lipinski definition) is 1.